The van der Waals surface area contributed by atoms with Crippen molar-refractivity contribution < 1.29 is 13.9 Å². The molecule has 1 atom stereocenters. The third kappa shape index (κ3) is 2.14. The van der Waals surface area contributed by atoms with Gasteiger partial charge in [-0.1, -0.05) is 13.8 Å². The van der Waals surface area contributed by atoms with Crippen molar-refractivity contribution >= 4 is 16.7 Å². The van der Waals surface area contributed by atoms with Crippen molar-refractivity contribution in [3.63, 3.8) is 0 Å². The molecule has 0 saturated carbocycles. The van der Waals surface area contributed by atoms with E-state index in [1.54, 1.807) is 6.07 Å². The SMILES string of the molecule is CC(C)C(=O)c1cn([C@H]2CCOC2)c2ccc(F)cc12. The fourth-order valence-corrected chi connectivity index (χ4v) is 2.78. The average Bonchev–Trinajstić information content (AvgIpc) is 3.03. The Morgan fingerprint density at radius 3 is 2.90 bits per heavy atom. The molecule has 4 heteroatoms. The smallest absolute Gasteiger partial charge is 0.167 e. The molecule has 0 aliphatic carbocycles. The first-order valence-electron chi connectivity index (χ1n) is 7.00. The average molecular weight is 275 g/mol. The Morgan fingerprint density at radius 1 is 1.45 bits per heavy atom. The molecule has 106 valence electrons. The van der Waals surface area contributed by atoms with Gasteiger partial charge in [0.1, 0.15) is 5.82 Å². The van der Waals surface area contributed by atoms with E-state index in [0.29, 0.717) is 17.6 Å². The molecule has 1 saturated heterocycles. The number of Topliss-reactive ketones (excluding diaryl/α,β-unsaturated/α-hetero) is 1. The van der Waals surface area contributed by atoms with Crippen LogP contribution in [0, 0.1) is 11.7 Å². The van der Waals surface area contributed by atoms with Crippen molar-refractivity contribution in [3.05, 3.63) is 35.8 Å². The highest BCUT2D eigenvalue weighted by Crippen LogP contribution is 2.30. The van der Waals surface area contributed by atoms with Crippen LogP contribution in [0.4, 0.5) is 4.39 Å². The second-order valence-electron chi connectivity index (χ2n) is 5.65. The van der Waals surface area contributed by atoms with E-state index in [2.05, 4.69) is 4.57 Å². The van der Waals surface area contributed by atoms with Crippen molar-refractivity contribution in [1.82, 2.24) is 4.57 Å². The monoisotopic (exact) mass is 275 g/mol. The summed E-state index contributed by atoms with van der Waals surface area (Å²) in [5, 5.41) is 0.704. The van der Waals surface area contributed by atoms with Gasteiger partial charge in [0.2, 0.25) is 0 Å². The molecule has 0 N–H and O–H groups in total. The van der Waals surface area contributed by atoms with E-state index in [1.807, 2.05) is 20.0 Å². The number of nitrogens with zero attached hydrogens (tertiary/aromatic N) is 1. The van der Waals surface area contributed by atoms with Gasteiger partial charge in [-0.25, -0.2) is 4.39 Å². The van der Waals surface area contributed by atoms with Crippen molar-refractivity contribution in [2.75, 3.05) is 13.2 Å². The van der Waals surface area contributed by atoms with E-state index in [0.717, 1.165) is 18.5 Å². The summed E-state index contributed by atoms with van der Waals surface area (Å²) >= 11 is 0. The highest BCUT2D eigenvalue weighted by Gasteiger charge is 2.24. The summed E-state index contributed by atoms with van der Waals surface area (Å²) in [7, 11) is 0. The predicted octanol–water partition coefficient (Wildman–Crippen LogP) is 3.58. The highest BCUT2D eigenvalue weighted by atomic mass is 19.1. The van der Waals surface area contributed by atoms with Crippen LogP contribution in [0.15, 0.2) is 24.4 Å². The first-order chi connectivity index (χ1) is 9.58. The highest BCUT2D eigenvalue weighted by molar-refractivity contribution is 6.08. The van der Waals surface area contributed by atoms with Gasteiger partial charge in [0, 0.05) is 35.2 Å². The minimum atomic E-state index is -0.310. The van der Waals surface area contributed by atoms with Gasteiger partial charge in [0.25, 0.3) is 0 Å². The number of aromatic nitrogens is 1. The number of carbonyl (C=O) groups excluding carboxylic acids is 1. The van der Waals surface area contributed by atoms with Crippen LogP contribution in [0.1, 0.15) is 36.7 Å². The maximum Gasteiger partial charge on any atom is 0.167 e. The molecule has 0 radical (unpaired) electrons. The second kappa shape index (κ2) is 5.02. The topological polar surface area (TPSA) is 31.2 Å². The zero-order valence-corrected chi connectivity index (χ0v) is 11.7. The van der Waals surface area contributed by atoms with Crippen LogP contribution in [0.25, 0.3) is 10.9 Å². The summed E-state index contributed by atoms with van der Waals surface area (Å²) in [5.74, 6) is -0.355. The molecule has 1 aromatic heterocycles. The van der Waals surface area contributed by atoms with Crippen LogP contribution >= 0.6 is 0 Å². The van der Waals surface area contributed by atoms with E-state index in [-0.39, 0.29) is 23.6 Å². The third-order valence-electron chi connectivity index (χ3n) is 3.88. The number of carbonyl (C=O) groups is 1. The lowest BCUT2D eigenvalue weighted by molar-refractivity contribution is 0.0940. The van der Waals surface area contributed by atoms with Crippen molar-refractivity contribution in [2.45, 2.75) is 26.3 Å². The summed E-state index contributed by atoms with van der Waals surface area (Å²) in [6, 6.07) is 4.88. The first-order valence-corrected chi connectivity index (χ1v) is 7.00. The van der Waals surface area contributed by atoms with Crippen LogP contribution in [0.5, 0.6) is 0 Å². The maximum absolute atomic E-state index is 13.5. The minimum Gasteiger partial charge on any atom is -0.379 e. The fourth-order valence-electron chi connectivity index (χ4n) is 2.78. The van der Waals surface area contributed by atoms with Crippen LogP contribution in [0.2, 0.25) is 0 Å². The Kier molecular flexibility index (Phi) is 3.34. The van der Waals surface area contributed by atoms with Gasteiger partial charge in [0.05, 0.1) is 12.6 Å². The van der Waals surface area contributed by atoms with Gasteiger partial charge < -0.3 is 9.30 Å². The normalized spacial score (nSPS) is 19.1. The molecule has 1 aromatic carbocycles. The molecule has 2 heterocycles. The predicted molar refractivity (Wildman–Crippen MR) is 75.5 cm³/mol. The van der Waals surface area contributed by atoms with Crippen LogP contribution in [0.3, 0.4) is 0 Å². The number of hydrogen-bond donors (Lipinski definition) is 0. The molecule has 0 amide bonds. The summed E-state index contributed by atoms with van der Waals surface area (Å²) < 4.78 is 21.0. The van der Waals surface area contributed by atoms with Crippen LogP contribution in [-0.2, 0) is 4.74 Å². The number of hydrogen-bond acceptors (Lipinski definition) is 2. The Balaban J connectivity index is 2.18. The number of ether oxygens (including phenoxy) is 1. The fraction of sp³-hybridized carbons (Fsp3) is 0.438. The van der Waals surface area contributed by atoms with Crippen LogP contribution in [-0.4, -0.2) is 23.6 Å². The van der Waals surface area contributed by atoms with Gasteiger partial charge in [-0.15, -0.1) is 0 Å². The molecular formula is C16H18FNO2. The zero-order chi connectivity index (χ0) is 14.3. The number of rotatable bonds is 3. The Labute approximate surface area is 117 Å². The van der Waals surface area contributed by atoms with Gasteiger partial charge in [0.15, 0.2) is 5.78 Å². The second-order valence-corrected chi connectivity index (χ2v) is 5.65. The van der Waals surface area contributed by atoms with Gasteiger partial charge >= 0.3 is 0 Å². The van der Waals surface area contributed by atoms with E-state index in [1.165, 1.54) is 12.1 Å². The molecule has 1 aliphatic heterocycles. The number of halogens is 1. The van der Waals surface area contributed by atoms with Gasteiger partial charge in [-0.05, 0) is 24.6 Å². The first kappa shape index (κ1) is 13.3. The molecule has 1 aliphatic rings. The quantitative estimate of drug-likeness (QED) is 0.802. The lowest BCUT2D eigenvalue weighted by Gasteiger charge is -2.11. The van der Waals surface area contributed by atoms with Crippen molar-refractivity contribution in [3.8, 4) is 0 Å². The van der Waals surface area contributed by atoms with E-state index >= 15 is 0 Å². The minimum absolute atomic E-state index is 0.0539. The number of benzene rings is 1. The lowest BCUT2D eigenvalue weighted by atomic mass is 10.0. The molecule has 20 heavy (non-hydrogen) atoms. The molecular weight excluding hydrogens is 257 g/mol. The van der Waals surface area contributed by atoms with Gasteiger partial charge in [-0.2, -0.15) is 0 Å². The molecule has 3 nitrogen and oxygen atoms in total. The lowest BCUT2D eigenvalue weighted by Crippen LogP contribution is -2.09. The Morgan fingerprint density at radius 2 is 2.25 bits per heavy atom. The van der Waals surface area contributed by atoms with E-state index in [9.17, 15) is 9.18 Å². The molecule has 0 unspecified atom stereocenters. The number of ketones is 1. The van der Waals surface area contributed by atoms with E-state index in [4.69, 9.17) is 4.74 Å². The molecule has 0 spiro atoms. The molecule has 1 fully saturated rings. The summed E-state index contributed by atoms with van der Waals surface area (Å²) in [5.41, 5.74) is 1.52. The van der Waals surface area contributed by atoms with Crippen molar-refractivity contribution in [1.29, 1.82) is 0 Å². The van der Waals surface area contributed by atoms with E-state index < -0.39 is 0 Å². The Hall–Kier alpha value is -1.68. The standard InChI is InChI=1S/C16H18FNO2/c1-10(2)16(19)14-8-18(12-5-6-20-9-12)15-4-3-11(17)7-13(14)15/h3-4,7-8,10,12H,5-6,9H2,1-2H3/t12-/m0/s1. The Bertz CT molecular complexity index is 654. The summed E-state index contributed by atoms with van der Waals surface area (Å²) in [6.45, 7) is 5.11. The number of fused-ring (bicyclic) bond motifs is 1. The molecule has 2 aromatic rings. The van der Waals surface area contributed by atoms with Gasteiger partial charge in [-0.3, -0.25) is 4.79 Å². The molecule has 0 bridgehead atoms. The van der Waals surface area contributed by atoms with Crippen LogP contribution < -0.4 is 0 Å². The zero-order valence-electron chi connectivity index (χ0n) is 11.7. The summed E-state index contributed by atoms with van der Waals surface area (Å²) in [4.78, 5) is 12.3. The molecule has 3 rings (SSSR count). The van der Waals surface area contributed by atoms with Crippen molar-refractivity contribution in [2.24, 2.45) is 5.92 Å². The summed E-state index contributed by atoms with van der Waals surface area (Å²) in [6.07, 6.45) is 2.79. The maximum atomic E-state index is 13.5. The third-order valence-corrected chi connectivity index (χ3v) is 3.88. The largest absolute Gasteiger partial charge is 0.379 e.